The summed E-state index contributed by atoms with van der Waals surface area (Å²) in [6.07, 6.45) is 3.87. The van der Waals surface area contributed by atoms with E-state index in [-0.39, 0.29) is 13.2 Å². The van der Waals surface area contributed by atoms with Crippen molar-refractivity contribution < 1.29 is 19.7 Å². The van der Waals surface area contributed by atoms with E-state index < -0.39 is 11.2 Å². The summed E-state index contributed by atoms with van der Waals surface area (Å²) in [7, 11) is 0. The summed E-state index contributed by atoms with van der Waals surface area (Å²) in [5, 5.41) is 21.6. The Kier molecular flexibility index (Phi) is 5.45. The zero-order valence-electron chi connectivity index (χ0n) is 14.5. The van der Waals surface area contributed by atoms with Crippen LogP contribution in [0.2, 0.25) is 0 Å². The molecule has 1 atom stereocenters. The molecule has 0 spiro atoms. The Morgan fingerprint density at radius 1 is 1.21 bits per heavy atom. The molecular weight excluding hydrogens is 306 g/mol. The van der Waals surface area contributed by atoms with Gasteiger partial charge in [-0.3, -0.25) is 4.90 Å². The summed E-state index contributed by atoms with van der Waals surface area (Å²) in [6.45, 7) is 4.82. The predicted octanol–water partition coefficient (Wildman–Crippen LogP) is 1.74. The van der Waals surface area contributed by atoms with Gasteiger partial charge in [0.15, 0.2) is 0 Å². The van der Waals surface area contributed by atoms with Crippen LogP contribution in [-0.2, 0) is 4.74 Å². The summed E-state index contributed by atoms with van der Waals surface area (Å²) in [4.78, 5) is 2.12. The Morgan fingerprint density at radius 2 is 2.00 bits per heavy atom. The lowest BCUT2D eigenvalue weighted by molar-refractivity contribution is -0.0712. The molecule has 1 saturated heterocycles. The number of benzene rings is 1. The van der Waals surface area contributed by atoms with Crippen molar-refractivity contribution in [1.82, 2.24) is 4.90 Å². The van der Waals surface area contributed by atoms with Gasteiger partial charge in [-0.2, -0.15) is 0 Å². The highest BCUT2D eigenvalue weighted by Gasteiger charge is 2.38. The average Bonchev–Trinajstić information content (AvgIpc) is 2.87. The Labute approximate surface area is 144 Å². The van der Waals surface area contributed by atoms with Gasteiger partial charge in [-0.15, -0.1) is 0 Å². The molecule has 0 radical (unpaired) electrons. The lowest BCUT2D eigenvalue weighted by Crippen LogP contribution is -2.52. The molecule has 2 aliphatic rings. The zero-order valence-corrected chi connectivity index (χ0v) is 14.5. The molecule has 0 aromatic heterocycles. The first-order valence-corrected chi connectivity index (χ1v) is 8.91. The van der Waals surface area contributed by atoms with Crippen LogP contribution >= 0.6 is 0 Å². The molecule has 2 N–H and O–H groups in total. The van der Waals surface area contributed by atoms with Crippen LogP contribution < -0.4 is 4.74 Å². The van der Waals surface area contributed by atoms with Crippen LogP contribution in [0.3, 0.4) is 0 Å². The van der Waals surface area contributed by atoms with Gasteiger partial charge in [-0.25, -0.2) is 0 Å². The van der Waals surface area contributed by atoms with Gasteiger partial charge < -0.3 is 19.7 Å². The number of hydrogen-bond donors (Lipinski definition) is 2. The van der Waals surface area contributed by atoms with Crippen molar-refractivity contribution >= 4 is 0 Å². The first-order valence-electron chi connectivity index (χ1n) is 8.91. The summed E-state index contributed by atoms with van der Waals surface area (Å²) in [5.74, 6) is 0.758. The number of β-amino-alcohol motifs (C(OH)–C–C–N with tert-alkyl or cyclic N) is 2. The smallest absolute Gasteiger partial charge is 0.134 e. The zero-order chi connectivity index (χ0) is 17.0. The van der Waals surface area contributed by atoms with Crippen LogP contribution in [0.25, 0.3) is 0 Å². The van der Waals surface area contributed by atoms with Crippen molar-refractivity contribution in [3.8, 4) is 5.75 Å². The summed E-state index contributed by atoms with van der Waals surface area (Å²) in [5.41, 5.74) is -0.542. The van der Waals surface area contributed by atoms with E-state index in [1.807, 2.05) is 31.2 Å². The highest BCUT2D eigenvalue weighted by atomic mass is 16.5. The second-order valence-corrected chi connectivity index (χ2v) is 7.52. The minimum absolute atomic E-state index is 0.186. The van der Waals surface area contributed by atoms with E-state index in [4.69, 9.17) is 9.47 Å². The molecule has 1 aliphatic heterocycles. The van der Waals surface area contributed by atoms with Gasteiger partial charge >= 0.3 is 0 Å². The number of rotatable bonds is 5. The standard InChI is InChI=1S/C19H29NO4/c1-16-5-4-6-17(11-16)24-15-19(22)13-20(9-10-23-14-19)12-18(21)7-2-3-8-18/h4-6,11,21-22H,2-3,7-10,12-15H2,1H3/t19-/m1/s1. The number of aryl methyl sites for hydroxylation is 1. The van der Waals surface area contributed by atoms with Crippen molar-refractivity contribution in [2.75, 3.05) is 39.5 Å². The van der Waals surface area contributed by atoms with E-state index in [0.717, 1.165) is 43.5 Å². The van der Waals surface area contributed by atoms with Crippen molar-refractivity contribution in [3.05, 3.63) is 29.8 Å². The minimum Gasteiger partial charge on any atom is -0.490 e. The molecule has 2 fully saturated rings. The SMILES string of the molecule is Cc1cccc(OC[C@]2(O)COCCN(CC3(O)CCCC3)C2)c1. The average molecular weight is 335 g/mol. The van der Waals surface area contributed by atoms with E-state index in [2.05, 4.69) is 4.90 Å². The number of ether oxygens (including phenoxy) is 2. The molecule has 0 unspecified atom stereocenters. The maximum absolute atomic E-state index is 10.9. The Bertz CT molecular complexity index is 544. The largest absolute Gasteiger partial charge is 0.490 e. The molecular formula is C19H29NO4. The molecule has 134 valence electrons. The fourth-order valence-corrected chi connectivity index (χ4v) is 3.75. The van der Waals surface area contributed by atoms with Crippen LogP contribution in [0.15, 0.2) is 24.3 Å². The molecule has 1 aromatic rings. The maximum atomic E-state index is 10.9. The molecule has 24 heavy (non-hydrogen) atoms. The fraction of sp³-hybridized carbons (Fsp3) is 0.684. The highest BCUT2D eigenvalue weighted by Crippen LogP contribution is 2.31. The van der Waals surface area contributed by atoms with Gasteiger partial charge in [0, 0.05) is 19.6 Å². The molecule has 1 saturated carbocycles. The molecule has 0 bridgehead atoms. The van der Waals surface area contributed by atoms with Crippen LogP contribution in [-0.4, -0.2) is 65.8 Å². The third-order valence-electron chi connectivity index (χ3n) is 4.99. The number of aliphatic hydroxyl groups is 2. The van der Waals surface area contributed by atoms with E-state index in [9.17, 15) is 10.2 Å². The van der Waals surface area contributed by atoms with Gasteiger partial charge in [-0.1, -0.05) is 25.0 Å². The lowest BCUT2D eigenvalue weighted by atomic mass is 10.00. The van der Waals surface area contributed by atoms with Crippen molar-refractivity contribution in [2.45, 2.75) is 43.8 Å². The first kappa shape index (κ1) is 17.7. The monoisotopic (exact) mass is 335 g/mol. The van der Waals surface area contributed by atoms with Gasteiger partial charge in [0.1, 0.15) is 18.0 Å². The Hall–Kier alpha value is -1.14. The van der Waals surface area contributed by atoms with Crippen molar-refractivity contribution in [2.24, 2.45) is 0 Å². The van der Waals surface area contributed by atoms with Crippen molar-refractivity contribution in [3.63, 3.8) is 0 Å². The molecule has 1 aliphatic carbocycles. The molecule has 5 heteroatoms. The van der Waals surface area contributed by atoms with Gasteiger partial charge in [-0.05, 0) is 37.5 Å². The highest BCUT2D eigenvalue weighted by molar-refractivity contribution is 5.27. The predicted molar refractivity (Wildman–Crippen MR) is 92.3 cm³/mol. The molecule has 1 heterocycles. The second-order valence-electron chi connectivity index (χ2n) is 7.52. The quantitative estimate of drug-likeness (QED) is 0.858. The van der Waals surface area contributed by atoms with E-state index in [0.29, 0.717) is 19.7 Å². The minimum atomic E-state index is -1.06. The molecule has 5 nitrogen and oxygen atoms in total. The molecule has 3 rings (SSSR count). The third kappa shape index (κ3) is 4.70. The molecule has 1 aromatic carbocycles. The van der Waals surface area contributed by atoms with Crippen LogP contribution in [0.1, 0.15) is 31.2 Å². The van der Waals surface area contributed by atoms with E-state index >= 15 is 0 Å². The third-order valence-corrected chi connectivity index (χ3v) is 4.99. The lowest BCUT2D eigenvalue weighted by Gasteiger charge is -2.34. The van der Waals surface area contributed by atoms with Crippen LogP contribution in [0.5, 0.6) is 5.75 Å². The van der Waals surface area contributed by atoms with E-state index in [1.54, 1.807) is 0 Å². The number of hydrogen-bond acceptors (Lipinski definition) is 5. The second kappa shape index (κ2) is 7.40. The Morgan fingerprint density at radius 3 is 2.75 bits per heavy atom. The maximum Gasteiger partial charge on any atom is 0.134 e. The summed E-state index contributed by atoms with van der Waals surface area (Å²) >= 11 is 0. The van der Waals surface area contributed by atoms with Gasteiger partial charge in [0.05, 0.1) is 18.8 Å². The number of nitrogens with zero attached hydrogens (tertiary/aromatic N) is 1. The summed E-state index contributed by atoms with van der Waals surface area (Å²) in [6, 6.07) is 7.81. The van der Waals surface area contributed by atoms with Crippen LogP contribution in [0.4, 0.5) is 0 Å². The first-order chi connectivity index (χ1) is 11.5. The Balaban J connectivity index is 1.60. The van der Waals surface area contributed by atoms with Crippen molar-refractivity contribution in [1.29, 1.82) is 0 Å². The fourth-order valence-electron chi connectivity index (χ4n) is 3.75. The summed E-state index contributed by atoms with van der Waals surface area (Å²) < 4.78 is 11.4. The van der Waals surface area contributed by atoms with Crippen LogP contribution in [0, 0.1) is 6.92 Å². The topological polar surface area (TPSA) is 62.2 Å². The van der Waals surface area contributed by atoms with Gasteiger partial charge in [0.25, 0.3) is 0 Å². The van der Waals surface area contributed by atoms with E-state index in [1.165, 1.54) is 0 Å². The normalized spacial score (nSPS) is 27.8. The molecule has 0 amide bonds. The van der Waals surface area contributed by atoms with Gasteiger partial charge in [0.2, 0.25) is 0 Å².